The molecule has 0 nitrogen and oxygen atoms in total. The van der Waals surface area contributed by atoms with E-state index in [-0.39, 0.29) is 0 Å². The minimum atomic E-state index is 0.587. The summed E-state index contributed by atoms with van der Waals surface area (Å²) in [7, 11) is 0. The van der Waals surface area contributed by atoms with Gasteiger partial charge in [-0.15, -0.1) is 0 Å². The predicted octanol–water partition coefficient (Wildman–Crippen LogP) is 18.8. The first-order valence-electron chi connectivity index (χ1n) is 26.1. The molecular formula is C55H106. The van der Waals surface area contributed by atoms with Crippen molar-refractivity contribution in [3.05, 3.63) is 0 Å². The first-order valence-corrected chi connectivity index (χ1v) is 26.1. The summed E-state index contributed by atoms with van der Waals surface area (Å²) in [5, 5.41) is 0. The summed E-state index contributed by atoms with van der Waals surface area (Å²) in [5.41, 5.74) is 1.21. The number of rotatable bonds is 8. The van der Waals surface area contributed by atoms with Crippen LogP contribution in [0.3, 0.4) is 0 Å². The van der Waals surface area contributed by atoms with E-state index in [4.69, 9.17) is 0 Å². The largest absolute Gasteiger partial charge is 0.0651 e. The maximum Gasteiger partial charge on any atom is -0.0321 e. The number of hydrogen-bond donors (Lipinski definition) is 0. The van der Waals surface area contributed by atoms with Gasteiger partial charge in [-0.3, -0.25) is 0 Å². The lowest BCUT2D eigenvalue weighted by atomic mass is 9.59. The van der Waals surface area contributed by atoms with Gasteiger partial charge in [-0.1, -0.05) is 212 Å². The molecule has 0 radical (unpaired) electrons. The van der Waals surface area contributed by atoms with Crippen LogP contribution in [0.1, 0.15) is 263 Å². The van der Waals surface area contributed by atoms with Crippen LogP contribution in [0.4, 0.5) is 0 Å². The van der Waals surface area contributed by atoms with Crippen molar-refractivity contribution in [2.75, 3.05) is 0 Å². The molecule has 6 saturated carbocycles. The fourth-order valence-electron chi connectivity index (χ4n) is 13.4. The van der Waals surface area contributed by atoms with Crippen molar-refractivity contribution in [3.8, 4) is 0 Å². The van der Waals surface area contributed by atoms with Crippen LogP contribution in [0.5, 0.6) is 0 Å². The van der Waals surface area contributed by atoms with Gasteiger partial charge >= 0.3 is 0 Å². The van der Waals surface area contributed by atoms with E-state index in [1.165, 1.54) is 161 Å². The molecule has 10 atom stereocenters. The normalized spacial score (nSPS) is 41.9. The molecule has 0 bridgehead atoms. The molecule has 0 spiro atoms. The molecule has 0 aromatic rings. The van der Waals surface area contributed by atoms with Gasteiger partial charge in [0, 0.05) is 0 Å². The zero-order chi connectivity index (χ0) is 40.6. The summed E-state index contributed by atoms with van der Waals surface area (Å²) in [6, 6.07) is 0. The van der Waals surface area contributed by atoms with Crippen molar-refractivity contribution in [1.29, 1.82) is 0 Å². The zero-order valence-corrected chi connectivity index (χ0v) is 40.6. The van der Waals surface area contributed by atoms with E-state index in [2.05, 4.69) is 90.0 Å². The van der Waals surface area contributed by atoms with Crippen molar-refractivity contribution in [2.24, 2.45) is 87.8 Å². The molecule has 0 N–H and O–H groups in total. The van der Waals surface area contributed by atoms with E-state index in [9.17, 15) is 0 Å². The van der Waals surface area contributed by atoms with Gasteiger partial charge in [0.05, 0.1) is 0 Å². The van der Waals surface area contributed by atoms with Gasteiger partial charge in [-0.05, 0) is 139 Å². The van der Waals surface area contributed by atoms with Crippen LogP contribution in [0.2, 0.25) is 0 Å². The Balaban J connectivity index is 0.000000200. The van der Waals surface area contributed by atoms with Crippen molar-refractivity contribution in [3.63, 3.8) is 0 Å². The predicted molar refractivity (Wildman–Crippen MR) is 249 cm³/mol. The highest BCUT2D eigenvalue weighted by Crippen LogP contribution is 2.51. The topological polar surface area (TPSA) is 0 Å². The molecule has 0 saturated heterocycles. The monoisotopic (exact) mass is 767 g/mol. The molecule has 6 rings (SSSR count). The van der Waals surface area contributed by atoms with E-state index < -0.39 is 0 Å². The molecule has 0 heteroatoms. The Labute approximate surface area is 349 Å². The van der Waals surface area contributed by atoms with Crippen LogP contribution >= 0.6 is 0 Å². The molecule has 326 valence electrons. The fourth-order valence-corrected chi connectivity index (χ4v) is 13.4. The molecule has 6 fully saturated rings. The summed E-state index contributed by atoms with van der Waals surface area (Å²) in [6.07, 6.45) is 40.3. The standard InChI is InChI=1S/C17H32.C15H28.C13H26.C10H20/c1-12-5-7-16(9-14(12)3)11-17-8-6-13(2)15(4)10-17;1-12-3-7-14(8-4-12)11-15-9-5-13(2)6-10-15;1-6-11-8-12(3,4)10-13(5,7-2)9-11;1-3-9-6-5-7-10(4-2)8-9/h12-17H,5-11H2,1-4H3;12-15H,3-11H2,1-2H3;11H,6-10H2,1-5H3;9-10H,3-8H2,1-2H3. The molecule has 0 aliphatic heterocycles. The lowest BCUT2D eigenvalue weighted by Gasteiger charge is -2.46. The molecule has 0 aromatic carbocycles. The first kappa shape index (κ1) is 49.4. The summed E-state index contributed by atoms with van der Waals surface area (Å²) in [4.78, 5) is 0. The third-order valence-corrected chi connectivity index (χ3v) is 18.0. The van der Waals surface area contributed by atoms with E-state index in [0.29, 0.717) is 10.8 Å². The maximum atomic E-state index is 2.48. The maximum absolute atomic E-state index is 2.48. The van der Waals surface area contributed by atoms with Gasteiger partial charge in [0.15, 0.2) is 0 Å². The molecular weight excluding hydrogens is 661 g/mol. The molecule has 0 amide bonds. The Kier molecular flexibility index (Phi) is 22.4. The second-order valence-electron chi connectivity index (χ2n) is 23.9. The Morgan fingerprint density at radius 2 is 0.782 bits per heavy atom. The molecule has 10 unspecified atom stereocenters. The van der Waals surface area contributed by atoms with Crippen molar-refractivity contribution < 1.29 is 0 Å². The molecule has 0 aromatic heterocycles. The molecule has 6 aliphatic carbocycles. The highest BCUT2D eigenvalue weighted by molar-refractivity contribution is 4.90. The fraction of sp³-hybridized carbons (Fsp3) is 1.00. The zero-order valence-electron chi connectivity index (χ0n) is 40.6. The van der Waals surface area contributed by atoms with Crippen LogP contribution in [0, 0.1) is 87.8 Å². The number of hydrogen-bond acceptors (Lipinski definition) is 0. The SMILES string of the molecule is CC1CCC(CC2CCC(C)C(C)C2)CC1C.CC1CCC(CC2CCC(C)CC2)CC1.CCC1CC(C)(C)CC(C)(CC)C1.CCC1CCCC(CC)C1. The lowest BCUT2D eigenvalue weighted by Crippen LogP contribution is -2.35. The van der Waals surface area contributed by atoms with Crippen LogP contribution in [-0.4, -0.2) is 0 Å². The van der Waals surface area contributed by atoms with E-state index >= 15 is 0 Å². The minimum absolute atomic E-state index is 0.587. The highest BCUT2D eigenvalue weighted by atomic mass is 14.4. The average Bonchev–Trinajstić information content (AvgIpc) is 3.16. The lowest BCUT2D eigenvalue weighted by molar-refractivity contribution is 0.0496. The van der Waals surface area contributed by atoms with E-state index in [0.717, 1.165) is 76.9 Å². The second-order valence-corrected chi connectivity index (χ2v) is 23.9. The summed E-state index contributed by atoms with van der Waals surface area (Å²) in [6.45, 7) is 31.5. The van der Waals surface area contributed by atoms with E-state index in [1.807, 2.05) is 0 Å². The Morgan fingerprint density at radius 3 is 1.16 bits per heavy atom. The van der Waals surface area contributed by atoms with Crippen molar-refractivity contribution in [2.45, 2.75) is 263 Å². The first-order chi connectivity index (χ1) is 26.1. The third kappa shape index (κ3) is 18.4. The Morgan fingerprint density at radius 1 is 0.382 bits per heavy atom. The van der Waals surface area contributed by atoms with Crippen LogP contribution < -0.4 is 0 Å². The van der Waals surface area contributed by atoms with Gasteiger partial charge in [-0.2, -0.15) is 0 Å². The quantitative estimate of drug-likeness (QED) is 0.231. The summed E-state index contributed by atoms with van der Waals surface area (Å²) >= 11 is 0. The van der Waals surface area contributed by atoms with E-state index in [1.54, 1.807) is 12.8 Å². The summed E-state index contributed by atoms with van der Waals surface area (Å²) in [5.74, 6) is 13.4. The van der Waals surface area contributed by atoms with Gasteiger partial charge in [-0.25, -0.2) is 0 Å². The molecule has 6 aliphatic rings. The van der Waals surface area contributed by atoms with Crippen molar-refractivity contribution in [1.82, 2.24) is 0 Å². The van der Waals surface area contributed by atoms with Crippen LogP contribution in [0.25, 0.3) is 0 Å². The van der Waals surface area contributed by atoms with Crippen LogP contribution in [-0.2, 0) is 0 Å². The van der Waals surface area contributed by atoms with Gasteiger partial charge in [0.2, 0.25) is 0 Å². The molecule has 0 heterocycles. The summed E-state index contributed by atoms with van der Waals surface area (Å²) < 4.78 is 0. The molecule has 55 heavy (non-hydrogen) atoms. The Hall–Kier alpha value is 0. The van der Waals surface area contributed by atoms with Crippen molar-refractivity contribution >= 4 is 0 Å². The average molecular weight is 767 g/mol. The van der Waals surface area contributed by atoms with Crippen LogP contribution in [0.15, 0.2) is 0 Å². The minimum Gasteiger partial charge on any atom is -0.0651 e. The van der Waals surface area contributed by atoms with Gasteiger partial charge < -0.3 is 0 Å². The smallest absolute Gasteiger partial charge is 0.0321 e. The second kappa shape index (κ2) is 24.9. The third-order valence-electron chi connectivity index (χ3n) is 18.0. The highest BCUT2D eigenvalue weighted by Gasteiger charge is 2.39. The van der Waals surface area contributed by atoms with Gasteiger partial charge in [0.1, 0.15) is 0 Å². The Bertz CT molecular complexity index is 907. The van der Waals surface area contributed by atoms with Gasteiger partial charge in [0.25, 0.3) is 0 Å².